The van der Waals surface area contributed by atoms with Gasteiger partial charge in [0, 0.05) is 28.0 Å². The summed E-state index contributed by atoms with van der Waals surface area (Å²) in [5.74, 6) is -0.424. The van der Waals surface area contributed by atoms with Gasteiger partial charge in [-0.1, -0.05) is 11.6 Å². The largest absolute Gasteiger partial charge is 0.346 e. The Morgan fingerprint density at radius 1 is 1.21 bits per heavy atom. The van der Waals surface area contributed by atoms with Crippen molar-refractivity contribution in [2.24, 2.45) is 0 Å². The highest BCUT2D eigenvalue weighted by Crippen LogP contribution is 2.24. The molecule has 154 valence electrons. The molecule has 3 aromatic rings. The number of aromatic nitrogens is 2. The molecule has 0 saturated heterocycles. The quantitative estimate of drug-likeness (QED) is 0.559. The molecule has 0 bridgehead atoms. The van der Waals surface area contributed by atoms with E-state index < -0.39 is 21.5 Å². The van der Waals surface area contributed by atoms with Gasteiger partial charge in [0.25, 0.3) is 5.91 Å². The van der Waals surface area contributed by atoms with Gasteiger partial charge in [0.15, 0.2) is 0 Å². The Balaban J connectivity index is 1.78. The van der Waals surface area contributed by atoms with Gasteiger partial charge < -0.3 is 9.72 Å². The Labute approximate surface area is 182 Å². The first-order valence-electron chi connectivity index (χ1n) is 8.69. The van der Waals surface area contributed by atoms with Gasteiger partial charge >= 0.3 is 0 Å². The van der Waals surface area contributed by atoms with Gasteiger partial charge in [-0.2, -0.15) is 0 Å². The number of imidazole rings is 1. The van der Waals surface area contributed by atoms with Crippen LogP contribution in [0.3, 0.4) is 0 Å². The van der Waals surface area contributed by atoms with Crippen LogP contribution in [-0.4, -0.2) is 29.2 Å². The van der Waals surface area contributed by atoms with E-state index in [2.05, 4.69) is 31.0 Å². The molecular weight excluding hydrogens is 480 g/mol. The molecule has 0 saturated carbocycles. The standard InChI is InChI=1S/C19H20BrClN4O3S/c1-19(2,3)24-29(27,28)16-8-12(4-6-15(16)21)18(26)22-9-14-11-25-10-13(20)5-7-17(25)23-14/h4-8,10-11,24H,9H2,1-3H3,(H,22,26). The third kappa shape index (κ3) is 5.36. The molecule has 0 spiro atoms. The molecule has 29 heavy (non-hydrogen) atoms. The molecule has 10 heteroatoms. The molecule has 0 fully saturated rings. The maximum absolute atomic E-state index is 12.6. The first-order valence-corrected chi connectivity index (χ1v) is 11.3. The van der Waals surface area contributed by atoms with Crippen molar-refractivity contribution in [2.45, 2.75) is 37.8 Å². The van der Waals surface area contributed by atoms with Crippen LogP contribution < -0.4 is 10.0 Å². The molecule has 2 aromatic heterocycles. The summed E-state index contributed by atoms with van der Waals surface area (Å²) in [4.78, 5) is 16.8. The van der Waals surface area contributed by atoms with Gasteiger partial charge in [-0.05, 0) is 67.0 Å². The Bertz CT molecular complexity index is 1190. The van der Waals surface area contributed by atoms with Crippen molar-refractivity contribution in [3.63, 3.8) is 0 Å². The minimum Gasteiger partial charge on any atom is -0.346 e. The van der Waals surface area contributed by atoms with Crippen LogP contribution in [-0.2, 0) is 16.6 Å². The lowest BCUT2D eigenvalue weighted by atomic mass is 10.1. The number of nitrogens with zero attached hydrogens (tertiary/aromatic N) is 2. The van der Waals surface area contributed by atoms with Gasteiger partial charge in [-0.3, -0.25) is 4.79 Å². The third-order valence-electron chi connectivity index (χ3n) is 3.82. The van der Waals surface area contributed by atoms with Crippen molar-refractivity contribution < 1.29 is 13.2 Å². The van der Waals surface area contributed by atoms with Gasteiger partial charge in [0.05, 0.1) is 17.3 Å². The lowest BCUT2D eigenvalue weighted by Gasteiger charge is -2.21. The summed E-state index contributed by atoms with van der Waals surface area (Å²) in [7, 11) is -3.88. The average molecular weight is 500 g/mol. The molecular formula is C19H20BrClN4O3S. The molecule has 0 aliphatic carbocycles. The maximum Gasteiger partial charge on any atom is 0.251 e. The van der Waals surface area contributed by atoms with Crippen LogP contribution in [0.25, 0.3) is 5.65 Å². The van der Waals surface area contributed by atoms with Crippen LogP contribution in [0, 0.1) is 0 Å². The SMILES string of the molecule is CC(C)(C)NS(=O)(=O)c1cc(C(=O)NCc2cn3cc(Br)ccc3n2)ccc1Cl. The van der Waals surface area contributed by atoms with Crippen molar-refractivity contribution in [1.82, 2.24) is 19.4 Å². The van der Waals surface area contributed by atoms with Crippen molar-refractivity contribution in [3.8, 4) is 0 Å². The topological polar surface area (TPSA) is 92.6 Å². The molecule has 0 unspecified atom stereocenters. The van der Waals surface area contributed by atoms with Crippen LogP contribution in [0.4, 0.5) is 0 Å². The molecule has 0 aliphatic heterocycles. The van der Waals surface area contributed by atoms with Crippen LogP contribution >= 0.6 is 27.5 Å². The zero-order valence-electron chi connectivity index (χ0n) is 16.0. The summed E-state index contributed by atoms with van der Waals surface area (Å²) in [5, 5.41) is 2.80. The number of nitrogens with one attached hydrogen (secondary N) is 2. The van der Waals surface area contributed by atoms with E-state index in [1.54, 1.807) is 20.8 Å². The lowest BCUT2D eigenvalue weighted by molar-refractivity contribution is 0.0950. The van der Waals surface area contributed by atoms with Gasteiger partial charge in [0.1, 0.15) is 10.5 Å². The number of pyridine rings is 1. The Morgan fingerprint density at radius 2 is 1.93 bits per heavy atom. The summed E-state index contributed by atoms with van der Waals surface area (Å²) in [6.45, 7) is 5.37. The van der Waals surface area contributed by atoms with E-state index in [1.807, 2.05) is 28.9 Å². The molecule has 7 nitrogen and oxygen atoms in total. The first kappa shape index (κ1) is 21.8. The number of hydrogen-bond acceptors (Lipinski definition) is 4. The Kier molecular flexibility index (Phi) is 6.05. The molecule has 1 aromatic carbocycles. The predicted molar refractivity (Wildman–Crippen MR) is 116 cm³/mol. The monoisotopic (exact) mass is 498 g/mol. The summed E-state index contributed by atoms with van der Waals surface area (Å²) in [5.41, 5.74) is 0.937. The van der Waals surface area contributed by atoms with Crippen LogP contribution in [0.15, 0.2) is 52.1 Å². The van der Waals surface area contributed by atoms with E-state index in [0.29, 0.717) is 5.69 Å². The number of halogens is 2. The molecule has 2 N–H and O–H groups in total. The van der Waals surface area contributed by atoms with Crippen molar-refractivity contribution >= 4 is 49.1 Å². The number of carbonyl (C=O) groups is 1. The number of benzene rings is 1. The number of fused-ring (bicyclic) bond motifs is 1. The highest BCUT2D eigenvalue weighted by Gasteiger charge is 2.25. The molecule has 0 radical (unpaired) electrons. The number of carbonyl (C=O) groups excluding carboxylic acids is 1. The minimum absolute atomic E-state index is 0.0456. The van der Waals surface area contributed by atoms with E-state index in [-0.39, 0.29) is 22.0 Å². The van der Waals surface area contributed by atoms with Crippen molar-refractivity contribution in [3.05, 3.63) is 63.5 Å². The molecule has 0 atom stereocenters. The summed E-state index contributed by atoms with van der Waals surface area (Å²) >= 11 is 9.48. The van der Waals surface area contributed by atoms with Gasteiger partial charge in [0.2, 0.25) is 10.0 Å². The second-order valence-electron chi connectivity index (χ2n) is 7.53. The summed E-state index contributed by atoms with van der Waals surface area (Å²) < 4.78 is 30.5. The summed E-state index contributed by atoms with van der Waals surface area (Å²) in [6, 6.07) is 7.89. The van der Waals surface area contributed by atoms with Crippen LogP contribution in [0.1, 0.15) is 36.8 Å². The van der Waals surface area contributed by atoms with Gasteiger partial charge in [-0.15, -0.1) is 0 Å². The van der Waals surface area contributed by atoms with E-state index in [1.165, 1.54) is 18.2 Å². The Morgan fingerprint density at radius 3 is 2.62 bits per heavy atom. The van der Waals surface area contributed by atoms with E-state index in [9.17, 15) is 13.2 Å². The molecule has 3 rings (SSSR count). The average Bonchev–Trinajstić information content (AvgIpc) is 2.99. The first-order chi connectivity index (χ1) is 13.4. The predicted octanol–water partition coefficient (Wildman–Crippen LogP) is 3.76. The fourth-order valence-electron chi connectivity index (χ4n) is 2.68. The third-order valence-corrected chi connectivity index (χ3v) is 6.53. The number of sulfonamides is 1. The van der Waals surface area contributed by atoms with E-state index >= 15 is 0 Å². The van der Waals surface area contributed by atoms with Crippen molar-refractivity contribution in [2.75, 3.05) is 0 Å². The van der Waals surface area contributed by atoms with E-state index in [4.69, 9.17) is 11.6 Å². The second kappa shape index (κ2) is 8.06. The molecule has 2 heterocycles. The Hall–Kier alpha value is -1.94. The number of amides is 1. The zero-order valence-corrected chi connectivity index (χ0v) is 19.2. The minimum atomic E-state index is -3.88. The normalized spacial score (nSPS) is 12.3. The molecule has 1 amide bonds. The van der Waals surface area contributed by atoms with Gasteiger partial charge in [-0.25, -0.2) is 18.1 Å². The molecule has 0 aliphatic rings. The fourth-order valence-corrected chi connectivity index (χ4v) is 4.98. The van der Waals surface area contributed by atoms with E-state index in [0.717, 1.165) is 10.1 Å². The maximum atomic E-state index is 12.6. The highest BCUT2D eigenvalue weighted by atomic mass is 79.9. The zero-order chi connectivity index (χ0) is 21.4. The fraction of sp³-hybridized carbons (Fsp3) is 0.263. The lowest BCUT2D eigenvalue weighted by Crippen LogP contribution is -2.40. The summed E-state index contributed by atoms with van der Waals surface area (Å²) in [6.07, 6.45) is 3.68. The van der Waals surface area contributed by atoms with Crippen LogP contribution in [0.2, 0.25) is 5.02 Å². The second-order valence-corrected chi connectivity index (χ2v) is 10.5. The highest BCUT2D eigenvalue weighted by molar-refractivity contribution is 9.10. The smallest absolute Gasteiger partial charge is 0.251 e. The van der Waals surface area contributed by atoms with Crippen molar-refractivity contribution in [1.29, 1.82) is 0 Å². The number of rotatable bonds is 5. The van der Waals surface area contributed by atoms with Crippen LogP contribution in [0.5, 0.6) is 0 Å². The number of hydrogen-bond donors (Lipinski definition) is 2.